The van der Waals surface area contributed by atoms with Crippen LogP contribution in [0.25, 0.3) is 11.1 Å². The molecule has 0 N–H and O–H groups in total. The smallest absolute Gasteiger partial charge is 0.258 e. The van der Waals surface area contributed by atoms with E-state index in [2.05, 4.69) is 76.3 Å². The molecule has 2 aliphatic heterocycles. The van der Waals surface area contributed by atoms with Crippen LogP contribution in [0.1, 0.15) is 28.5 Å². The Balaban J connectivity index is 1.46. The van der Waals surface area contributed by atoms with E-state index in [-0.39, 0.29) is 5.56 Å². The summed E-state index contributed by atoms with van der Waals surface area (Å²) in [6.45, 7) is 4.84. The highest BCUT2D eigenvalue weighted by Gasteiger charge is 2.35. The van der Waals surface area contributed by atoms with Gasteiger partial charge >= 0.3 is 0 Å². The molecule has 0 spiro atoms. The molecule has 0 unspecified atom stereocenters. The lowest BCUT2D eigenvalue weighted by Gasteiger charge is -2.42. The van der Waals surface area contributed by atoms with E-state index in [1.165, 1.54) is 22.6 Å². The van der Waals surface area contributed by atoms with Crippen LogP contribution in [0, 0.1) is 5.92 Å². The second-order valence-corrected chi connectivity index (χ2v) is 10.1. The molecule has 0 aliphatic carbocycles. The fourth-order valence-electron chi connectivity index (χ4n) is 5.26. The van der Waals surface area contributed by atoms with E-state index in [0.717, 1.165) is 43.9 Å². The van der Waals surface area contributed by atoms with Crippen LogP contribution < -0.4 is 5.56 Å². The van der Waals surface area contributed by atoms with Gasteiger partial charge in [-0.05, 0) is 61.1 Å². The standard InChI is InChI=1S/C25H29N3OS/c1-26(2)15-19-6-3-4-8-22(19)23-9-10-24-20-12-18(14-28(24)25(23)29)13-27(16-20)17-21-7-5-11-30-21/h3-11,18,20H,12-17H2,1-2H3/t18-,20+/m0/s1. The molecule has 2 aromatic heterocycles. The van der Waals surface area contributed by atoms with E-state index >= 15 is 0 Å². The Morgan fingerprint density at radius 3 is 2.67 bits per heavy atom. The van der Waals surface area contributed by atoms with Crippen LogP contribution in [0.3, 0.4) is 0 Å². The summed E-state index contributed by atoms with van der Waals surface area (Å²) < 4.78 is 2.09. The first kappa shape index (κ1) is 19.7. The van der Waals surface area contributed by atoms with Gasteiger partial charge in [0.2, 0.25) is 0 Å². The second-order valence-electron chi connectivity index (χ2n) is 9.05. The van der Waals surface area contributed by atoms with Gasteiger partial charge in [-0.1, -0.05) is 30.3 Å². The summed E-state index contributed by atoms with van der Waals surface area (Å²) >= 11 is 1.84. The van der Waals surface area contributed by atoms with Crippen molar-refractivity contribution in [3.8, 4) is 11.1 Å². The molecule has 30 heavy (non-hydrogen) atoms. The van der Waals surface area contributed by atoms with Crippen LogP contribution >= 0.6 is 11.3 Å². The zero-order chi connectivity index (χ0) is 20.7. The van der Waals surface area contributed by atoms with Crippen molar-refractivity contribution in [3.05, 3.63) is 80.4 Å². The van der Waals surface area contributed by atoms with E-state index in [1.54, 1.807) is 0 Å². The van der Waals surface area contributed by atoms with Crippen molar-refractivity contribution in [1.29, 1.82) is 0 Å². The van der Waals surface area contributed by atoms with Gasteiger partial charge in [0, 0.05) is 54.8 Å². The lowest BCUT2D eigenvalue weighted by Crippen LogP contribution is -2.46. The van der Waals surface area contributed by atoms with Gasteiger partial charge in [-0.25, -0.2) is 0 Å². The Kier molecular flexibility index (Phi) is 5.35. The predicted octanol–water partition coefficient (Wildman–Crippen LogP) is 4.26. The third-order valence-corrected chi connectivity index (χ3v) is 7.29. The van der Waals surface area contributed by atoms with Gasteiger partial charge in [-0.3, -0.25) is 9.69 Å². The van der Waals surface area contributed by atoms with Gasteiger partial charge in [0.05, 0.1) is 0 Å². The highest BCUT2D eigenvalue weighted by atomic mass is 32.1. The van der Waals surface area contributed by atoms with E-state index in [4.69, 9.17) is 0 Å². The summed E-state index contributed by atoms with van der Waals surface area (Å²) in [5, 5.41) is 2.16. The number of hydrogen-bond acceptors (Lipinski definition) is 4. The second kappa shape index (κ2) is 8.14. The summed E-state index contributed by atoms with van der Waals surface area (Å²) in [7, 11) is 4.14. The third-order valence-electron chi connectivity index (χ3n) is 6.43. The molecule has 5 rings (SSSR count). The van der Waals surface area contributed by atoms with Crippen molar-refractivity contribution in [3.63, 3.8) is 0 Å². The van der Waals surface area contributed by atoms with Crippen LogP contribution in [-0.4, -0.2) is 41.6 Å². The number of likely N-dealkylation sites (tertiary alicyclic amines) is 1. The minimum atomic E-state index is 0.181. The Labute approximate surface area is 182 Å². The zero-order valence-corrected chi connectivity index (χ0v) is 18.6. The molecule has 1 aromatic carbocycles. The maximum absolute atomic E-state index is 13.6. The van der Waals surface area contributed by atoms with Crippen LogP contribution in [0.5, 0.6) is 0 Å². The molecule has 0 amide bonds. The normalized spacial score (nSPS) is 21.0. The predicted molar refractivity (Wildman–Crippen MR) is 124 cm³/mol. The van der Waals surface area contributed by atoms with Gasteiger partial charge in [0.1, 0.15) is 0 Å². The third kappa shape index (κ3) is 3.78. The minimum Gasteiger partial charge on any atom is -0.311 e. The molecule has 1 saturated heterocycles. The molecule has 0 saturated carbocycles. The lowest BCUT2D eigenvalue weighted by atomic mass is 9.82. The van der Waals surface area contributed by atoms with Crippen molar-refractivity contribution < 1.29 is 0 Å². The number of benzene rings is 1. The van der Waals surface area contributed by atoms with Gasteiger partial charge in [-0.2, -0.15) is 0 Å². The molecular weight excluding hydrogens is 390 g/mol. The lowest BCUT2D eigenvalue weighted by molar-refractivity contribution is 0.115. The Hall–Kier alpha value is -2.21. The molecule has 4 heterocycles. The first-order valence-corrected chi connectivity index (χ1v) is 11.7. The van der Waals surface area contributed by atoms with Crippen molar-refractivity contribution in [2.45, 2.75) is 32.0 Å². The van der Waals surface area contributed by atoms with E-state index < -0.39 is 0 Å². The van der Waals surface area contributed by atoms with Crippen molar-refractivity contribution >= 4 is 11.3 Å². The minimum absolute atomic E-state index is 0.181. The summed E-state index contributed by atoms with van der Waals surface area (Å²) in [6.07, 6.45) is 1.21. The maximum atomic E-state index is 13.6. The average Bonchev–Trinajstić information content (AvgIpc) is 3.22. The van der Waals surface area contributed by atoms with E-state index in [9.17, 15) is 4.79 Å². The van der Waals surface area contributed by atoms with Crippen molar-refractivity contribution in [2.24, 2.45) is 5.92 Å². The highest BCUT2D eigenvalue weighted by molar-refractivity contribution is 7.09. The van der Waals surface area contributed by atoms with Crippen LogP contribution in [0.4, 0.5) is 0 Å². The Morgan fingerprint density at radius 1 is 1.00 bits per heavy atom. The quantitative estimate of drug-likeness (QED) is 0.619. The van der Waals surface area contributed by atoms with Crippen LogP contribution in [-0.2, 0) is 19.6 Å². The summed E-state index contributed by atoms with van der Waals surface area (Å²) in [6, 6.07) is 17.0. The number of nitrogens with zero attached hydrogens (tertiary/aromatic N) is 3. The Morgan fingerprint density at radius 2 is 1.87 bits per heavy atom. The molecule has 156 valence electrons. The van der Waals surface area contributed by atoms with Crippen LogP contribution in [0.15, 0.2) is 58.7 Å². The molecule has 2 bridgehead atoms. The van der Waals surface area contributed by atoms with E-state index in [1.807, 2.05) is 17.4 Å². The maximum Gasteiger partial charge on any atom is 0.258 e. The van der Waals surface area contributed by atoms with E-state index in [0.29, 0.717) is 11.8 Å². The average molecular weight is 420 g/mol. The fourth-order valence-corrected chi connectivity index (χ4v) is 6.01. The number of piperidine rings is 1. The first-order valence-electron chi connectivity index (χ1n) is 10.8. The van der Waals surface area contributed by atoms with Gasteiger partial charge in [0.25, 0.3) is 5.56 Å². The molecule has 0 radical (unpaired) electrons. The topological polar surface area (TPSA) is 28.5 Å². The van der Waals surface area contributed by atoms with Gasteiger partial charge in [0.15, 0.2) is 0 Å². The SMILES string of the molecule is CN(C)Cc1ccccc1-c1ccc2n(c1=O)C[C@H]1C[C@@H]2CN(Cc2cccs2)C1. The molecule has 2 aliphatic rings. The molecule has 4 nitrogen and oxygen atoms in total. The fraction of sp³-hybridized carbons (Fsp3) is 0.400. The molecule has 2 atom stereocenters. The van der Waals surface area contributed by atoms with Crippen molar-refractivity contribution in [1.82, 2.24) is 14.4 Å². The summed E-state index contributed by atoms with van der Waals surface area (Å²) in [5.74, 6) is 1.01. The number of pyridine rings is 1. The Bertz CT molecular complexity index is 1090. The molecule has 3 aromatic rings. The molecular formula is C25H29N3OS. The number of aromatic nitrogens is 1. The van der Waals surface area contributed by atoms with Crippen molar-refractivity contribution in [2.75, 3.05) is 27.2 Å². The monoisotopic (exact) mass is 419 g/mol. The van der Waals surface area contributed by atoms with Gasteiger partial charge in [-0.15, -0.1) is 11.3 Å². The van der Waals surface area contributed by atoms with Crippen LogP contribution in [0.2, 0.25) is 0 Å². The zero-order valence-electron chi connectivity index (χ0n) is 17.8. The number of hydrogen-bond donors (Lipinski definition) is 0. The first-order chi connectivity index (χ1) is 14.6. The summed E-state index contributed by atoms with van der Waals surface area (Å²) in [5.41, 5.74) is 4.52. The molecule has 5 heteroatoms. The number of rotatable bonds is 5. The largest absolute Gasteiger partial charge is 0.311 e. The highest BCUT2D eigenvalue weighted by Crippen LogP contribution is 2.36. The molecule has 1 fully saturated rings. The number of fused-ring (bicyclic) bond motifs is 4. The summed E-state index contributed by atoms with van der Waals surface area (Å²) in [4.78, 5) is 19.7. The number of thiophene rings is 1. The van der Waals surface area contributed by atoms with Gasteiger partial charge < -0.3 is 9.47 Å².